The molecule has 0 spiro atoms. The van der Waals surface area contributed by atoms with Crippen LogP contribution in [0.5, 0.6) is 5.75 Å². The number of amides is 1. The fourth-order valence-corrected chi connectivity index (χ4v) is 2.34. The van der Waals surface area contributed by atoms with E-state index in [1.54, 1.807) is 42.2 Å². The van der Waals surface area contributed by atoms with Crippen LogP contribution in [0.4, 0.5) is 0 Å². The Morgan fingerprint density at radius 2 is 2.40 bits per heavy atom. The van der Waals surface area contributed by atoms with Crippen molar-refractivity contribution in [2.75, 3.05) is 12.4 Å². The number of aromatic nitrogens is 2. The van der Waals surface area contributed by atoms with Crippen molar-refractivity contribution in [3.63, 3.8) is 0 Å². The molecule has 0 aliphatic carbocycles. The van der Waals surface area contributed by atoms with Gasteiger partial charge in [0.25, 0.3) is 5.91 Å². The predicted molar refractivity (Wildman–Crippen MR) is 77.5 cm³/mol. The first-order valence-corrected chi connectivity index (χ1v) is 7.03. The molecule has 0 saturated heterocycles. The lowest BCUT2D eigenvalue weighted by Gasteiger charge is -2.07. The van der Waals surface area contributed by atoms with E-state index in [-0.39, 0.29) is 5.91 Å². The maximum Gasteiger partial charge on any atom is 0.265 e. The molecule has 0 unspecified atom stereocenters. The van der Waals surface area contributed by atoms with Gasteiger partial charge in [0, 0.05) is 30.8 Å². The minimum atomic E-state index is -0.335. The number of thioether (sulfide) groups is 1. The highest BCUT2D eigenvalue weighted by atomic mass is 32.2. The Hall–Kier alpha value is -1.99. The summed E-state index contributed by atoms with van der Waals surface area (Å²) in [5, 5.41) is 0.949. The number of benzene rings is 1. The van der Waals surface area contributed by atoms with Gasteiger partial charge in [-0.1, -0.05) is 17.8 Å². The van der Waals surface area contributed by atoms with Crippen LogP contribution in [0, 0.1) is 0 Å². The summed E-state index contributed by atoms with van der Waals surface area (Å²) in [4.78, 5) is 15.6. The Bertz CT molecular complexity index is 585. The number of carbonyl (C=O) groups is 1. The minimum absolute atomic E-state index is 0.335. The fourth-order valence-electron chi connectivity index (χ4n) is 1.59. The van der Waals surface area contributed by atoms with Crippen LogP contribution in [-0.4, -0.2) is 27.8 Å². The third-order valence-electron chi connectivity index (χ3n) is 2.59. The average Bonchev–Trinajstić information content (AvgIpc) is 2.88. The first-order valence-electron chi connectivity index (χ1n) is 6.04. The number of imidazole rings is 1. The summed E-state index contributed by atoms with van der Waals surface area (Å²) < 4.78 is 7.56. The number of nitrogens with one attached hydrogen (secondary N) is 1. The second-order valence-electron chi connectivity index (χ2n) is 4.02. The summed E-state index contributed by atoms with van der Waals surface area (Å²) in [6.45, 7) is 0.533. The van der Waals surface area contributed by atoms with Gasteiger partial charge in [0.1, 0.15) is 5.75 Å². The normalized spacial score (nSPS) is 10.3. The number of hydrazine groups is 1. The molecule has 1 aromatic carbocycles. The molecule has 2 rings (SSSR count). The van der Waals surface area contributed by atoms with Crippen LogP contribution in [0.3, 0.4) is 0 Å². The zero-order valence-corrected chi connectivity index (χ0v) is 11.9. The van der Waals surface area contributed by atoms with Crippen LogP contribution >= 0.6 is 11.8 Å². The average molecular weight is 292 g/mol. The fraction of sp³-hybridized carbons (Fsp3) is 0.231. The number of rotatable bonds is 6. The van der Waals surface area contributed by atoms with E-state index in [0.29, 0.717) is 17.9 Å². The van der Waals surface area contributed by atoms with Gasteiger partial charge in [0.2, 0.25) is 0 Å². The third kappa shape index (κ3) is 3.75. The smallest absolute Gasteiger partial charge is 0.265 e. The van der Waals surface area contributed by atoms with Gasteiger partial charge >= 0.3 is 0 Å². The summed E-state index contributed by atoms with van der Waals surface area (Å²) in [5.41, 5.74) is 2.56. The van der Waals surface area contributed by atoms with Gasteiger partial charge in [-0.2, -0.15) is 0 Å². The highest BCUT2D eigenvalue weighted by Crippen LogP contribution is 2.16. The van der Waals surface area contributed by atoms with Crippen molar-refractivity contribution < 1.29 is 9.53 Å². The van der Waals surface area contributed by atoms with Crippen molar-refractivity contribution in [2.24, 2.45) is 12.9 Å². The summed E-state index contributed by atoms with van der Waals surface area (Å²) in [7, 11) is 1.95. The number of ether oxygens (including phenoxy) is 1. The van der Waals surface area contributed by atoms with Gasteiger partial charge in [0.05, 0.1) is 6.61 Å². The number of nitrogen functional groups attached to an aromatic ring is 1. The van der Waals surface area contributed by atoms with Crippen LogP contribution < -0.4 is 16.0 Å². The predicted octanol–water partition coefficient (Wildman–Crippen LogP) is 1.19. The summed E-state index contributed by atoms with van der Waals surface area (Å²) in [6, 6.07) is 6.90. The first kappa shape index (κ1) is 14.4. The van der Waals surface area contributed by atoms with Gasteiger partial charge in [0.15, 0.2) is 5.16 Å². The van der Waals surface area contributed by atoms with Crippen molar-refractivity contribution in [1.29, 1.82) is 0 Å². The number of hydrogen-bond donors (Lipinski definition) is 2. The van der Waals surface area contributed by atoms with Gasteiger partial charge in [-0.3, -0.25) is 10.2 Å². The van der Waals surface area contributed by atoms with Crippen molar-refractivity contribution in [3.8, 4) is 5.75 Å². The van der Waals surface area contributed by atoms with E-state index >= 15 is 0 Å². The number of nitrogens with two attached hydrogens (primary N) is 1. The second kappa shape index (κ2) is 6.97. The minimum Gasteiger partial charge on any atom is -0.493 e. The van der Waals surface area contributed by atoms with E-state index in [2.05, 4.69) is 10.4 Å². The highest BCUT2D eigenvalue weighted by molar-refractivity contribution is 7.99. The molecule has 6 nitrogen and oxygen atoms in total. The Kier molecular flexibility index (Phi) is 5.03. The van der Waals surface area contributed by atoms with Crippen LogP contribution in [0.1, 0.15) is 10.4 Å². The largest absolute Gasteiger partial charge is 0.493 e. The van der Waals surface area contributed by atoms with Gasteiger partial charge in [-0.25, -0.2) is 10.8 Å². The van der Waals surface area contributed by atoms with E-state index in [4.69, 9.17) is 10.6 Å². The molecule has 0 radical (unpaired) electrons. The van der Waals surface area contributed by atoms with E-state index in [9.17, 15) is 4.79 Å². The number of carbonyl (C=O) groups excluding carboxylic acids is 1. The van der Waals surface area contributed by atoms with Crippen molar-refractivity contribution in [3.05, 3.63) is 42.2 Å². The van der Waals surface area contributed by atoms with Crippen LogP contribution in [-0.2, 0) is 7.05 Å². The summed E-state index contributed by atoms with van der Waals surface area (Å²) in [5.74, 6) is 6.18. The monoisotopic (exact) mass is 292 g/mol. The van der Waals surface area contributed by atoms with Crippen LogP contribution in [0.25, 0.3) is 0 Å². The van der Waals surface area contributed by atoms with Gasteiger partial charge in [-0.15, -0.1) is 0 Å². The lowest BCUT2D eigenvalue weighted by atomic mass is 10.2. The molecule has 1 heterocycles. The molecule has 7 heteroatoms. The zero-order valence-electron chi connectivity index (χ0n) is 11.1. The topological polar surface area (TPSA) is 82.2 Å². The third-order valence-corrected chi connectivity index (χ3v) is 3.61. The first-order chi connectivity index (χ1) is 9.70. The number of hydrogen-bond acceptors (Lipinski definition) is 5. The van der Waals surface area contributed by atoms with Crippen molar-refractivity contribution >= 4 is 17.7 Å². The lowest BCUT2D eigenvalue weighted by molar-refractivity contribution is 0.0953. The molecule has 20 heavy (non-hydrogen) atoms. The Morgan fingerprint density at radius 3 is 3.10 bits per heavy atom. The standard InChI is InChI=1S/C13H16N4O2S/c1-17-6-5-15-13(17)20-8-7-19-11-4-2-3-10(9-11)12(18)16-14/h2-6,9H,7-8,14H2,1H3,(H,16,18). The zero-order chi connectivity index (χ0) is 14.4. The number of aryl methyl sites for hydroxylation is 1. The van der Waals surface area contributed by atoms with E-state index in [1.807, 2.05) is 17.8 Å². The molecule has 0 aliphatic rings. The molecule has 2 aromatic rings. The lowest BCUT2D eigenvalue weighted by Crippen LogP contribution is -2.29. The molecule has 1 aromatic heterocycles. The Morgan fingerprint density at radius 1 is 1.55 bits per heavy atom. The molecular weight excluding hydrogens is 276 g/mol. The Labute approximate surface area is 121 Å². The van der Waals surface area contributed by atoms with Gasteiger partial charge in [-0.05, 0) is 18.2 Å². The van der Waals surface area contributed by atoms with Crippen molar-refractivity contribution in [2.45, 2.75) is 5.16 Å². The van der Waals surface area contributed by atoms with Crippen molar-refractivity contribution in [1.82, 2.24) is 15.0 Å². The molecule has 0 atom stereocenters. The molecular formula is C13H16N4O2S. The Balaban J connectivity index is 1.82. The second-order valence-corrected chi connectivity index (χ2v) is 5.08. The van der Waals surface area contributed by atoms with Crippen LogP contribution in [0.15, 0.2) is 41.8 Å². The summed E-state index contributed by atoms with van der Waals surface area (Å²) in [6.07, 6.45) is 3.66. The molecule has 0 aliphatic heterocycles. The molecule has 0 fully saturated rings. The number of nitrogens with zero attached hydrogens (tertiary/aromatic N) is 2. The molecule has 1 amide bonds. The van der Waals surface area contributed by atoms with E-state index in [0.717, 1.165) is 10.9 Å². The molecule has 3 N–H and O–H groups in total. The van der Waals surface area contributed by atoms with Gasteiger partial charge < -0.3 is 9.30 Å². The van der Waals surface area contributed by atoms with E-state index < -0.39 is 0 Å². The maximum absolute atomic E-state index is 11.4. The maximum atomic E-state index is 11.4. The van der Waals surface area contributed by atoms with Crippen LogP contribution in [0.2, 0.25) is 0 Å². The quantitative estimate of drug-likeness (QED) is 0.275. The molecule has 0 saturated carbocycles. The highest BCUT2D eigenvalue weighted by Gasteiger charge is 2.05. The summed E-state index contributed by atoms with van der Waals surface area (Å²) >= 11 is 1.62. The van der Waals surface area contributed by atoms with E-state index in [1.165, 1.54) is 0 Å². The molecule has 106 valence electrons. The molecule has 0 bridgehead atoms. The SMILES string of the molecule is Cn1ccnc1SCCOc1cccc(C(=O)NN)c1.